The van der Waals surface area contributed by atoms with Gasteiger partial charge in [0.05, 0.1) is 50.9 Å². The van der Waals surface area contributed by atoms with Crippen LogP contribution in [0.1, 0.15) is 12.8 Å². The summed E-state index contributed by atoms with van der Waals surface area (Å²) in [6.45, 7) is 2.59. The Labute approximate surface area is 142 Å². The molecule has 0 radical (unpaired) electrons. The first-order valence-electron chi connectivity index (χ1n) is 8.22. The molecule has 0 spiro atoms. The van der Waals surface area contributed by atoms with Gasteiger partial charge in [-0.3, -0.25) is 4.79 Å². The van der Waals surface area contributed by atoms with Crippen molar-refractivity contribution in [2.45, 2.75) is 17.7 Å². The summed E-state index contributed by atoms with van der Waals surface area (Å²) in [6, 6.07) is 4.63. The van der Waals surface area contributed by atoms with E-state index in [9.17, 15) is 13.2 Å². The molecule has 1 saturated carbocycles. The zero-order valence-corrected chi connectivity index (χ0v) is 14.9. The largest absolute Gasteiger partial charge is 0.495 e. The van der Waals surface area contributed by atoms with Crippen LogP contribution in [0.2, 0.25) is 0 Å². The van der Waals surface area contributed by atoms with Gasteiger partial charge in [-0.2, -0.15) is 4.31 Å². The fraction of sp³-hybridized carbons (Fsp3) is 0.562. The van der Waals surface area contributed by atoms with Crippen LogP contribution in [0, 0.1) is 5.92 Å². The van der Waals surface area contributed by atoms with Gasteiger partial charge in [-0.1, -0.05) is 0 Å². The van der Waals surface area contributed by atoms with E-state index >= 15 is 0 Å². The number of sulfonamides is 1. The number of methoxy groups -OCH3 is 1. The molecule has 1 aromatic rings. The fourth-order valence-corrected chi connectivity index (χ4v) is 4.25. The molecule has 7 nitrogen and oxygen atoms in total. The predicted octanol–water partition coefficient (Wildman–Crippen LogP) is -0.437. The molecule has 1 saturated heterocycles. The molecule has 1 aromatic carbocycles. The molecular weight excluding hydrogens is 330 g/mol. The maximum absolute atomic E-state index is 12.8. The summed E-state index contributed by atoms with van der Waals surface area (Å²) in [7, 11) is -0.00229. The molecule has 2 fully saturated rings. The maximum Gasteiger partial charge on any atom is 0.243 e. The SMILES string of the molecule is COc1ccc(S(=O)(=O)N2CC[NH+](C)CC2)cc1NC(=O)C1CC1. The molecule has 1 aliphatic heterocycles. The smallest absolute Gasteiger partial charge is 0.243 e. The molecular formula is C16H24N3O4S+. The minimum absolute atomic E-state index is 0.0376. The summed E-state index contributed by atoms with van der Waals surface area (Å²) >= 11 is 0. The van der Waals surface area contributed by atoms with E-state index in [-0.39, 0.29) is 16.7 Å². The number of nitrogens with zero attached hydrogens (tertiary/aromatic N) is 1. The lowest BCUT2D eigenvalue weighted by Crippen LogP contribution is -3.12. The van der Waals surface area contributed by atoms with Crippen molar-refractivity contribution in [1.82, 2.24) is 4.31 Å². The highest BCUT2D eigenvalue weighted by atomic mass is 32.2. The third kappa shape index (κ3) is 3.55. The first-order valence-corrected chi connectivity index (χ1v) is 9.66. The number of ether oxygens (including phenoxy) is 1. The van der Waals surface area contributed by atoms with Gasteiger partial charge < -0.3 is 15.0 Å². The van der Waals surface area contributed by atoms with Crippen LogP contribution in [0.25, 0.3) is 0 Å². The Morgan fingerprint density at radius 2 is 1.96 bits per heavy atom. The third-order valence-electron chi connectivity index (χ3n) is 4.59. The molecule has 8 heteroatoms. The van der Waals surface area contributed by atoms with Crippen molar-refractivity contribution in [2.75, 3.05) is 45.7 Å². The third-order valence-corrected chi connectivity index (χ3v) is 6.49. The van der Waals surface area contributed by atoms with E-state index in [4.69, 9.17) is 4.74 Å². The van der Waals surface area contributed by atoms with Crippen LogP contribution < -0.4 is 15.0 Å². The summed E-state index contributed by atoms with van der Waals surface area (Å²) in [6.07, 6.45) is 1.77. The molecule has 0 bridgehead atoms. The number of carbonyl (C=O) groups excluding carboxylic acids is 1. The van der Waals surface area contributed by atoms with Crippen LogP contribution in [0.5, 0.6) is 5.75 Å². The zero-order chi connectivity index (χ0) is 17.3. The number of likely N-dealkylation sites (N-methyl/N-ethyl adjacent to an activating group) is 1. The number of rotatable bonds is 5. The molecule has 0 aromatic heterocycles. The number of benzene rings is 1. The van der Waals surface area contributed by atoms with Gasteiger partial charge >= 0.3 is 0 Å². The highest BCUT2D eigenvalue weighted by molar-refractivity contribution is 7.89. The molecule has 0 atom stereocenters. The summed E-state index contributed by atoms with van der Waals surface area (Å²) in [5.74, 6) is 0.424. The quantitative estimate of drug-likeness (QED) is 0.752. The van der Waals surface area contributed by atoms with Gasteiger partial charge in [0.15, 0.2) is 0 Å². The van der Waals surface area contributed by atoms with Crippen molar-refractivity contribution in [3.8, 4) is 5.75 Å². The molecule has 1 aliphatic carbocycles. The van der Waals surface area contributed by atoms with Crippen LogP contribution >= 0.6 is 0 Å². The van der Waals surface area contributed by atoms with Crippen LogP contribution in [-0.2, 0) is 14.8 Å². The van der Waals surface area contributed by atoms with E-state index in [0.717, 1.165) is 25.9 Å². The second-order valence-electron chi connectivity index (χ2n) is 6.49. The maximum atomic E-state index is 12.8. The van der Waals surface area contributed by atoms with Gasteiger partial charge in [-0.05, 0) is 31.0 Å². The number of hydrogen-bond acceptors (Lipinski definition) is 4. The van der Waals surface area contributed by atoms with Gasteiger partial charge in [0.2, 0.25) is 15.9 Å². The van der Waals surface area contributed by atoms with Gasteiger partial charge in [0.1, 0.15) is 5.75 Å². The lowest BCUT2D eigenvalue weighted by atomic mass is 10.2. The number of amides is 1. The predicted molar refractivity (Wildman–Crippen MR) is 89.7 cm³/mol. The topological polar surface area (TPSA) is 80.2 Å². The van der Waals surface area contributed by atoms with Gasteiger partial charge in [-0.25, -0.2) is 8.42 Å². The molecule has 2 N–H and O–H groups in total. The summed E-state index contributed by atoms with van der Waals surface area (Å²) in [4.78, 5) is 13.5. The van der Waals surface area contributed by atoms with Crippen LogP contribution in [0.15, 0.2) is 23.1 Å². The minimum Gasteiger partial charge on any atom is -0.495 e. The number of hydrogen-bond donors (Lipinski definition) is 2. The first-order chi connectivity index (χ1) is 11.4. The average molecular weight is 354 g/mol. The van der Waals surface area contributed by atoms with Crippen LogP contribution in [-0.4, -0.2) is 59.0 Å². The lowest BCUT2D eigenvalue weighted by molar-refractivity contribution is -0.883. The molecule has 24 heavy (non-hydrogen) atoms. The zero-order valence-electron chi connectivity index (χ0n) is 14.0. The van der Waals surface area contributed by atoms with Crippen molar-refractivity contribution in [1.29, 1.82) is 0 Å². The summed E-state index contributed by atoms with van der Waals surface area (Å²) in [5, 5.41) is 2.79. The fourth-order valence-electron chi connectivity index (χ4n) is 2.78. The second-order valence-corrected chi connectivity index (χ2v) is 8.42. The number of anilines is 1. The molecule has 1 amide bonds. The van der Waals surface area contributed by atoms with Crippen molar-refractivity contribution in [3.05, 3.63) is 18.2 Å². The number of nitrogens with one attached hydrogen (secondary N) is 2. The Morgan fingerprint density at radius 3 is 2.54 bits per heavy atom. The monoisotopic (exact) mass is 354 g/mol. The Morgan fingerprint density at radius 1 is 1.29 bits per heavy atom. The van der Waals surface area contributed by atoms with Crippen LogP contribution in [0.3, 0.4) is 0 Å². The number of carbonyl (C=O) groups is 1. The second kappa shape index (κ2) is 6.70. The van der Waals surface area contributed by atoms with E-state index in [0.29, 0.717) is 24.5 Å². The minimum atomic E-state index is -3.56. The molecule has 132 valence electrons. The van der Waals surface area contributed by atoms with E-state index in [1.54, 1.807) is 6.07 Å². The van der Waals surface area contributed by atoms with E-state index < -0.39 is 10.0 Å². The Bertz CT molecular complexity index is 723. The van der Waals surface area contributed by atoms with Crippen molar-refractivity contribution in [3.63, 3.8) is 0 Å². The van der Waals surface area contributed by atoms with Crippen LogP contribution in [0.4, 0.5) is 5.69 Å². The average Bonchev–Trinajstić information content (AvgIpc) is 3.40. The normalized spacial score (nSPS) is 19.9. The van der Waals surface area contributed by atoms with Gasteiger partial charge in [0, 0.05) is 5.92 Å². The van der Waals surface area contributed by atoms with Crippen molar-refractivity contribution < 1.29 is 22.8 Å². The Kier molecular flexibility index (Phi) is 4.80. The van der Waals surface area contributed by atoms with Gasteiger partial charge in [-0.15, -0.1) is 0 Å². The lowest BCUT2D eigenvalue weighted by Gasteiger charge is -2.29. The Balaban J connectivity index is 1.85. The van der Waals surface area contributed by atoms with E-state index in [2.05, 4.69) is 12.4 Å². The molecule has 1 heterocycles. The highest BCUT2D eigenvalue weighted by Gasteiger charge is 2.32. The first kappa shape index (κ1) is 17.2. The Hall–Kier alpha value is -1.64. The highest BCUT2D eigenvalue weighted by Crippen LogP contribution is 2.33. The standard InChI is InChI=1S/C16H23N3O4S/c1-18-7-9-19(10-8-18)24(21,22)13-5-6-15(23-2)14(11-13)17-16(20)12-3-4-12/h5-6,11-12H,3-4,7-10H2,1-2H3,(H,17,20)/p+1. The summed E-state index contributed by atoms with van der Waals surface area (Å²) in [5.41, 5.74) is 0.412. The molecule has 0 unspecified atom stereocenters. The van der Waals surface area contributed by atoms with Gasteiger partial charge in [0.25, 0.3) is 0 Å². The number of piperazine rings is 1. The van der Waals surface area contributed by atoms with Crippen molar-refractivity contribution >= 4 is 21.6 Å². The summed E-state index contributed by atoms with van der Waals surface area (Å²) < 4.78 is 32.4. The number of quaternary nitrogens is 1. The molecule has 3 rings (SSSR count). The van der Waals surface area contributed by atoms with Crippen molar-refractivity contribution in [2.24, 2.45) is 5.92 Å². The molecule has 2 aliphatic rings. The van der Waals surface area contributed by atoms with E-state index in [1.165, 1.54) is 28.4 Å². The van der Waals surface area contributed by atoms with E-state index in [1.807, 2.05) is 0 Å².